The van der Waals surface area contributed by atoms with Crippen LogP contribution in [0.4, 0.5) is 31.7 Å². The zero-order valence-electron chi connectivity index (χ0n) is 20.8. The molecule has 1 aliphatic rings. The van der Waals surface area contributed by atoms with Crippen molar-refractivity contribution in [3.05, 3.63) is 77.5 Å². The van der Waals surface area contributed by atoms with E-state index < -0.39 is 17.5 Å². The third-order valence-electron chi connectivity index (χ3n) is 6.60. The number of piperidine rings is 1. The molecular formula is C28H31F2N5O2. The molecule has 1 amide bonds. The number of halogens is 2. The number of aromatic nitrogens is 1. The maximum Gasteiger partial charge on any atom is 0.252 e. The molecule has 1 fully saturated rings. The van der Waals surface area contributed by atoms with Gasteiger partial charge in [0, 0.05) is 62.2 Å². The van der Waals surface area contributed by atoms with Crippen LogP contribution in [0.2, 0.25) is 0 Å². The first-order valence-electron chi connectivity index (χ1n) is 12.4. The van der Waals surface area contributed by atoms with E-state index in [0.29, 0.717) is 41.6 Å². The standard InChI is InChI=1S/C28H31F2N5O2/c1-2-24(36)13-18-7-9-35(10-8-18)23-5-3-22(4-6-23)34-27-15-26(25(17-33-27)28(31)37)32-16-19-11-20(29)14-21(30)12-19/h3-6,11-12,14-15,17-18H,2,7-10,13,16H2,1H3,(H2,31,37)(H2,32,33,34). The second-order valence-corrected chi connectivity index (χ2v) is 9.31. The Kier molecular flexibility index (Phi) is 8.32. The van der Waals surface area contributed by atoms with Crippen LogP contribution in [-0.2, 0) is 11.3 Å². The molecule has 1 saturated heterocycles. The number of ketones is 1. The van der Waals surface area contributed by atoms with Gasteiger partial charge in [0.1, 0.15) is 23.2 Å². The van der Waals surface area contributed by atoms with Crippen molar-refractivity contribution in [2.24, 2.45) is 11.7 Å². The molecule has 0 spiro atoms. The van der Waals surface area contributed by atoms with Gasteiger partial charge in [0.15, 0.2) is 0 Å². The SMILES string of the molecule is CCC(=O)CC1CCN(c2ccc(Nc3cc(NCc4cc(F)cc(F)c4)c(C(N)=O)cn3)cc2)CC1. The average molecular weight is 508 g/mol. The number of nitrogens with zero attached hydrogens (tertiary/aromatic N) is 2. The van der Waals surface area contributed by atoms with Gasteiger partial charge in [-0.3, -0.25) is 9.59 Å². The van der Waals surface area contributed by atoms with Gasteiger partial charge in [-0.25, -0.2) is 13.8 Å². The van der Waals surface area contributed by atoms with Gasteiger partial charge in [-0.15, -0.1) is 0 Å². The number of pyridine rings is 1. The van der Waals surface area contributed by atoms with Crippen molar-refractivity contribution in [3.63, 3.8) is 0 Å². The highest BCUT2D eigenvalue weighted by Gasteiger charge is 2.21. The lowest BCUT2D eigenvalue weighted by atomic mass is 9.91. The van der Waals surface area contributed by atoms with Crippen LogP contribution in [-0.4, -0.2) is 29.8 Å². The van der Waals surface area contributed by atoms with Crippen molar-refractivity contribution in [2.45, 2.75) is 39.2 Å². The van der Waals surface area contributed by atoms with Gasteiger partial charge in [-0.05, 0) is 60.7 Å². The number of carbonyl (C=O) groups is 2. The Morgan fingerprint density at radius 1 is 1.05 bits per heavy atom. The number of hydrogen-bond donors (Lipinski definition) is 3. The normalized spacial score (nSPS) is 13.9. The molecule has 1 aromatic heterocycles. The summed E-state index contributed by atoms with van der Waals surface area (Å²) in [6.45, 7) is 3.86. The molecule has 4 N–H and O–H groups in total. The van der Waals surface area contributed by atoms with E-state index in [1.807, 2.05) is 31.2 Å². The molecule has 2 aromatic carbocycles. The first-order valence-corrected chi connectivity index (χ1v) is 12.4. The Balaban J connectivity index is 1.40. The Morgan fingerprint density at radius 2 is 1.73 bits per heavy atom. The highest BCUT2D eigenvalue weighted by Crippen LogP contribution is 2.28. The van der Waals surface area contributed by atoms with Crippen LogP contribution in [0.25, 0.3) is 0 Å². The van der Waals surface area contributed by atoms with Crippen molar-refractivity contribution in [1.82, 2.24) is 4.98 Å². The zero-order chi connectivity index (χ0) is 26.4. The molecule has 37 heavy (non-hydrogen) atoms. The predicted molar refractivity (Wildman–Crippen MR) is 141 cm³/mol. The van der Waals surface area contributed by atoms with Crippen molar-refractivity contribution in [1.29, 1.82) is 0 Å². The van der Waals surface area contributed by atoms with Crippen molar-refractivity contribution < 1.29 is 18.4 Å². The Morgan fingerprint density at radius 3 is 2.35 bits per heavy atom. The lowest BCUT2D eigenvalue weighted by molar-refractivity contribution is -0.119. The van der Waals surface area contributed by atoms with Gasteiger partial charge in [0.05, 0.1) is 11.3 Å². The number of anilines is 4. The van der Waals surface area contributed by atoms with Crippen LogP contribution in [0.15, 0.2) is 54.7 Å². The molecule has 7 nitrogen and oxygen atoms in total. The Bertz CT molecular complexity index is 1240. The third-order valence-corrected chi connectivity index (χ3v) is 6.60. The molecule has 3 aromatic rings. The fourth-order valence-corrected chi connectivity index (χ4v) is 4.54. The molecule has 9 heteroatoms. The largest absolute Gasteiger partial charge is 0.380 e. The minimum absolute atomic E-state index is 0.0937. The number of primary amides is 1. The first kappa shape index (κ1) is 26.1. The maximum absolute atomic E-state index is 13.5. The van der Waals surface area contributed by atoms with Gasteiger partial charge in [0.2, 0.25) is 0 Å². The fraction of sp³-hybridized carbons (Fsp3) is 0.321. The van der Waals surface area contributed by atoms with E-state index >= 15 is 0 Å². The highest BCUT2D eigenvalue weighted by atomic mass is 19.1. The number of rotatable bonds is 10. The van der Waals surface area contributed by atoms with Gasteiger partial charge >= 0.3 is 0 Å². The van der Waals surface area contributed by atoms with Crippen LogP contribution in [0.1, 0.15) is 48.5 Å². The van der Waals surface area contributed by atoms with Crippen molar-refractivity contribution >= 4 is 34.6 Å². The average Bonchev–Trinajstić information content (AvgIpc) is 2.88. The van der Waals surface area contributed by atoms with Crippen LogP contribution in [0.3, 0.4) is 0 Å². The summed E-state index contributed by atoms with van der Waals surface area (Å²) in [6.07, 6.45) is 4.69. The molecule has 0 saturated carbocycles. The number of benzene rings is 2. The quantitative estimate of drug-likeness (QED) is 0.340. The van der Waals surface area contributed by atoms with Gasteiger partial charge in [-0.2, -0.15) is 0 Å². The Labute approximate surface area is 215 Å². The molecule has 2 heterocycles. The smallest absolute Gasteiger partial charge is 0.252 e. The monoisotopic (exact) mass is 507 g/mol. The van der Waals surface area contributed by atoms with Crippen LogP contribution in [0, 0.1) is 17.6 Å². The van der Waals surface area contributed by atoms with Crippen LogP contribution in [0.5, 0.6) is 0 Å². The number of hydrogen-bond acceptors (Lipinski definition) is 6. The number of Topliss-reactive ketones (excluding diaryl/α,β-unsaturated/α-hetero) is 1. The fourth-order valence-electron chi connectivity index (χ4n) is 4.54. The molecule has 0 atom stereocenters. The molecule has 0 radical (unpaired) electrons. The predicted octanol–water partition coefficient (Wildman–Crippen LogP) is 5.40. The zero-order valence-corrected chi connectivity index (χ0v) is 20.8. The summed E-state index contributed by atoms with van der Waals surface area (Å²) in [6, 6.07) is 12.8. The molecule has 0 bridgehead atoms. The van der Waals surface area contributed by atoms with Crippen LogP contribution >= 0.6 is 0 Å². The van der Waals surface area contributed by atoms with E-state index in [4.69, 9.17) is 5.73 Å². The molecular weight excluding hydrogens is 476 g/mol. The molecule has 0 aliphatic carbocycles. The first-order chi connectivity index (χ1) is 17.8. The van der Waals surface area contributed by atoms with Gasteiger partial charge < -0.3 is 21.3 Å². The maximum atomic E-state index is 13.5. The van der Waals surface area contributed by atoms with E-state index in [2.05, 4.69) is 20.5 Å². The Hall–Kier alpha value is -4.01. The number of carbonyl (C=O) groups excluding carboxylic acids is 2. The lowest BCUT2D eigenvalue weighted by Gasteiger charge is -2.33. The number of nitrogens with one attached hydrogen (secondary N) is 2. The third kappa shape index (κ3) is 7.03. The van der Waals surface area contributed by atoms with Crippen LogP contribution < -0.4 is 21.3 Å². The molecule has 194 valence electrons. The van der Waals surface area contributed by atoms with E-state index in [-0.39, 0.29) is 12.1 Å². The summed E-state index contributed by atoms with van der Waals surface area (Å²) in [4.78, 5) is 30.2. The van der Waals surface area contributed by atoms with Crippen molar-refractivity contribution in [3.8, 4) is 0 Å². The number of amides is 1. The summed E-state index contributed by atoms with van der Waals surface area (Å²) in [5, 5.41) is 6.23. The summed E-state index contributed by atoms with van der Waals surface area (Å²) >= 11 is 0. The number of nitrogens with two attached hydrogens (primary N) is 1. The summed E-state index contributed by atoms with van der Waals surface area (Å²) in [7, 11) is 0. The summed E-state index contributed by atoms with van der Waals surface area (Å²) in [5.74, 6) is -0.729. The van der Waals surface area contributed by atoms with E-state index in [0.717, 1.165) is 43.4 Å². The van der Waals surface area contributed by atoms with E-state index in [1.54, 1.807) is 6.07 Å². The summed E-state index contributed by atoms with van der Waals surface area (Å²) < 4.78 is 27.0. The van der Waals surface area contributed by atoms with Crippen molar-refractivity contribution in [2.75, 3.05) is 28.6 Å². The molecule has 1 aliphatic heterocycles. The second-order valence-electron chi connectivity index (χ2n) is 9.31. The molecule has 0 unspecified atom stereocenters. The highest BCUT2D eigenvalue weighted by molar-refractivity contribution is 5.98. The minimum atomic E-state index is -0.677. The second kappa shape index (κ2) is 11.8. The molecule has 4 rings (SSSR count). The van der Waals surface area contributed by atoms with E-state index in [9.17, 15) is 18.4 Å². The van der Waals surface area contributed by atoms with Gasteiger partial charge in [-0.1, -0.05) is 6.92 Å². The summed E-state index contributed by atoms with van der Waals surface area (Å²) in [5.41, 5.74) is 8.36. The van der Waals surface area contributed by atoms with Gasteiger partial charge in [0.25, 0.3) is 5.91 Å². The topological polar surface area (TPSA) is 100 Å². The van der Waals surface area contributed by atoms with E-state index in [1.165, 1.54) is 18.3 Å². The lowest BCUT2D eigenvalue weighted by Crippen LogP contribution is -2.34. The minimum Gasteiger partial charge on any atom is -0.380 e.